The van der Waals surface area contributed by atoms with Gasteiger partial charge in [0.15, 0.2) is 0 Å². The van der Waals surface area contributed by atoms with Crippen LogP contribution in [0.2, 0.25) is 0 Å². The molecule has 1 rings (SSSR count). The van der Waals surface area contributed by atoms with Gasteiger partial charge in [-0.3, -0.25) is 4.79 Å². The summed E-state index contributed by atoms with van der Waals surface area (Å²) in [6.45, 7) is 2.90. The second-order valence-electron chi connectivity index (χ2n) is 5.02. The Morgan fingerprint density at radius 1 is 1.35 bits per heavy atom. The molecule has 1 fully saturated rings. The Kier molecular flexibility index (Phi) is 5.92. The summed E-state index contributed by atoms with van der Waals surface area (Å²) in [6, 6.07) is 0. The number of carbonyl (C=O) groups is 1. The van der Waals surface area contributed by atoms with Crippen LogP contribution < -0.4 is 0 Å². The van der Waals surface area contributed by atoms with E-state index in [1.54, 1.807) is 0 Å². The van der Waals surface area contributed by atoms with Gasteiger partial charge in [-0.15, -0.1) is 0 Å². The predicted molar refractivity (Wildman–Crippen MR) is 64.8 cm³/mol. The minimum absolute atomic E-state index is 0.00200. The van der Waals surface area contributed by atoms with Gasteiger partial charge in [-0.25, -0.2) is 0 Å². The van der Waals surface area contributed by atoms with Crippen molar-refractivity contribution in [1.29, 1.82) is 0 Å². The maximum atomic E-state index is 11.4. The lowest BCUT2D eigenvalue weighted by atomic mass is 9.68. The molecule has 1 aliphatic carbocycles. The lowest BCUT2D eigenvalue weighted by Crippen LogP contribution is -2.36. The molecule has 4 nitrogen and oxygen atoms in total. The number of aliphatic hydroxyl groups is 1. The molecule has 0 aromatic rings. The largest absolute Gasteiger partial charge is 0.481 e. The molecule has 4 heteroatoms. The van der Waals surface area contributed by atoms with Gasteiger partial charge in [-0.1, -0.05) is 13.3 Å². The highest BCUT2D eigenvalue weighted by Gasteiger charge is 2.41. The van der Waals surface area contributed by atoms with Gasteiger partial charge in [-0.2, -0.15) is 0 Å². The Bertz CT molecular complexity index is 232. The first kappa shape index (κ1) is 14.5. The Labute approximate surface area is 103 Å². The van der Waals surface area contributed by atoms with Crippen molar-refractivity contribution in [3.05, 3.63) is 0 Å². The molecule has 0 atom stereocenters. The number of aliphatic carboxylic acids is 1. The Morgan fingerprint density at radius 3 is 2.47 bits per heavy atom. The van der Waals surface area contributed by atoms with Gasteiger partial charge in [0.25, 0.3) is 0 Å². The summed E-state index contributed by atoms with van der Waals surface area (Å²) < 4.78 is 5.20. The van der Waals surface area contributed by atoms with E-state index in [1.807, 2.05) is 0 Å². The van der Waals surface area contributed by atoms with Crippen molar-refractivity contribution in [2.45, 2.75) is 45.4 Å². The lowest BCUT2D eigenvalue weighted by molar-refractivity contribution is -0.153. The van der Waals surface area contributed by atoms with Crippen LogP contribution in [0.15, 0.2) is 0 Å². The van der Waals surface area contributed by atoms with Gasteiger partial charge in [0.2, 0.25) is 0 Å². The van der Waals surface area contributed by atoms with E-state index in [0.29, 0.717) is 25.6 Å². The monoisotopic (exact) mass is 244 g/mol. The van der Waals surface area contributed by atoms with E-state index >= 15 is 0 Å². The molecule has 17 heavy (non-hydrogen) atoms. The molecule has 2 N–H and O–H groups in total. The molecule has 100 valence electrons. The van der Waals surface area contributed by atoms with Crippen molar-refractivity contribution in [3.63, 3.8) is 0 Å². The zero-order chi connectivity index (χ0) is 12.7. The van der Waals surface area contributed by atoms with Crippen LogP contribution in [-0.4, -0.2) is 36.0 Å². The minimum atomic E-state index is -0.681. The van der Waals surface area contributed by atoms with E-state index in [-0.39, 0.29) is 6.61 Å². The quantitative estimate of drug-likeness (QED) is 0.673. The standard InChI is InChI=1S/C13H24O4/c1-2-11-3-5-13(6-4-11,12(15)16)7-9-17-10-8-14/h11,14H,2-10H2,1H3,(H,15,16). The molecule has 0 spiro atoms. The first-order valence-corrected chi connectivity index (χ1v) is 6.56. The first-order chi connectivity index (χ1) is 8.14. The smallest absolute Gasteiger partial charge is 0.309 e. The Morgan fingerprint density at radius 2 is 2.00 bits per heavy atom. The van der Waals surface area contributed by atoms with Gasteiger partial charge < -0.3 is 14.9 Å². The average molecular weight is 244 g/mol. The minimum Gasteiger partial charge on any atom is -0.481 e. The van der Waals surface area contributed by atoms with Gasteiger partial charge in [0.05, 0.1) is 18.6 Å². The molecular formula is C13H24O4. The fourth-order valence-corrected chi connectivity index (χ4v) is 2.64. The van der Waals surface area contributed by atoms with E-state index < -0.39 is 11.4 Å². The molecule has 0 heterocycles. The SMILES string of the molecule is CCC1CCC(CCOCCO)(C(=O)O)CC1. The van der Waals surface area contributed by atoms with Crippen LogP contribution in [0.25, 0.3) is 0 Å². The molecule has 0 aliphatic heterocycles. The van der Waals surface area contributed by atoms with E-state index in [1.165, 1.54) is 0 Å². The van der Waals surface area contributed by atoms with Crippen molar-refractivity contribution in [1.82, 2.24) is 0 Å². The highest BCUT2D eigenvalue weighted by Crippen LogP contribution is 2.42. The van der Waals surface area contributed by atoms with Crippen molar-refractivity contribution < 1.29 is 19.7 Å². The van der Waals surface area contributed by atoms with Crippen molar-refractivity contribution in [2.75, 3.05) is 19.8 Å². The number of rotatable bonds is 7. The van der Waals surface area contributed by atoms with Crippen molar-refractivity contribution in [2.24, 2.45) is 11.3 Å². The third kappa shape index (κ3) is 3.96. The van der Waals surface area contributed by atoms with E-state index in [2.05, 4.69) is 6.92 Å². The maximum Gasteiger partial charge on any atom is 0.309 e. The second kappa shape index (κ2) is 6.97. The molecule has 0 bridgehead atoms. The van der Waals surface area contributed by atoms with Crippen molar-refractivity contribution >= 4 is 5.97 Å². The molecular weight excluding hydrogens is 220 g/mol. The third-order valence-corrected chi connectivity index (χ3v) is 4.05. The Balaban J connectivity index is 2.44. The number of aliphatic hydroxyl groups excluding tert-OH is 1. The van der Waals surface area contributed by atoms with Crippen LogP contribution in [0.1, 0.15) is 45.4 Å². The van der Waals surface area contributed by atoms with Gasteiger partial charge in [0.1, 0.15) is 0 Å². The summed E-state index contributed by atoms with van der Waals surface area (Å²) >= 11 is 0. The van der Waals surface area contributed by atoms with E-state index in [0.717, 1.165) is 32.1 Å². The van der Waals surface area contributed by atoms with Gasteiger partial charge >= 0.3 is 5.97 Å². The van der Waals surface area contributed by atoms with Crippen LogP contribution in [0, 0.1) is 11.3 Å². The summed E-state index contributed by atoms with van der Waals surface area (Å²) in [5, 5.41) is 18.0. The third-order valence-electron chi connectivity index (χ3n) is 4.05. The number of carboxylic acids is 1. The second-order valence-corrected chi connectivity index (χ2v) is 5.02. The molecule has 0 radical (unpaired) electrons. The summed E-state index contributed by atoms with van der Waals surface area (Å²) in [7, 11) is 0. The zero-order valence-electron chi connectivity index (χ0n) is 10.7. The summed E-state index contributed by atoms with van der Waals surface area (Å²) in [5.41, 5.74) is -0.582. The van der Waals surface area contributed by atoms with Crippen LogP contribution >= 0.6 is 0 Å². The predicted octanol–water partition coefficient (Wildman–Crippen LogP) is 2.06. The maximum absolute atomic E-state index is 11.4. The van der Waals surface area contributed by atoms with Crippen molar-refractivity contribution in [3.8, 4) is 0 Å². The summed E-state index contributed by atoms with van der Waals surface area (Å²) in [4.78, 5) is 11.4. The van der Waals surface area contributed by atoms with Crippen LogP contribution in [0.5, 0.6) is 0 Å². The number of ether oxygens (including phenoxy) is 1. The first-order valence-electron chi connectivity index (χ1n) is 6.56. The van der Waals surface area contributed by atoms with Crippen LogP contribution in [0.3, 0.4) is 0 Å². The highest BCUT2D eigenvalue weighted by atomic mass is 16.5. The van der Waals surface area contributed by atoms with E-state index in [4.69, 9.17) is 9.84 Å². The molecule has 1 aliphatic rings. The molecule has 1 saturated carbocycles. The highest BCUT2D eigenvalue weighted by molar-refractivity contribution is 5.74. The van der Waals surface area contributed by atoms with Crippen LogP contribution in [-0.2, 0) is 9.53 Å². The van der Waals surface area contributed by atoms with Crippen LogP contribution in [0.4, 0.5) is 0 Å². The summed E-state index contributed by atoms with van der Waals surface area (Å²) in [6.07, 6.45) is 5.29. The normalized spacial score (nSPS) is 29.2. The van der Waals surface area contributed by atoms with Gasteiger partial charge in [0, 0.05) is 6.61 Å². The molecule has 0 unspecified atom stereocenters. The summed E-state index contributed by atoms with van der Waals surface area (Å²) in [5.74, 6) is 0.0143. The topological polar surface area (TPSA) is 66.8 Å². The van der Waals surface area contributed by atoms with E-state index in [9.17, 15) is 9.90 Å². The number of carboxylic acid groups (broad SMARTS) is 1. The molecule has 0 aromatic heterocycles. The molecule has 0 saturated heterocycles. The Hall–Kier alpha value is -0.610. The number of hydrogen-bond acceptors (Lipinski definition) is 3. The molecule has 0 amide bonds. The zero-order valence-corrected chi connectivity index (χ0v) is 10.7. The average Bonchev–Trinajstić information content (AvgIpc) is 2.35. The lowest BCUT2D eigenvalue weighted by Gasteiger charge is -2.36. The van der Waals surface area contributed by atoms with Gasteiger partial charge in [-0.05, 0) is 38.0 Å². The number of hydrogen-bond donors (Lipinski definition) is 2. The fourth-order valence-electron chi connectivity index (χ4n) is 2.64. The fraction of sp³-hybridized carbons (Fsp3) is 0.923. The molecule has 0 aromatic carbocycles.